The van der Waals surface area contributed by atoms with Crippen LogP contribution in [0.3, 0.4) is 0 Å². The molecule has 3 nitrogen and oxygen atoms in total. The number of rotatable bonds is 2. The topological polar surface area (TPSA) is 50.2 Å². The summed E-state index contributed by atoms with van der Waals surface area (Å²) in [6.45, 7) is 0. The molecule has 0 saturated heterocycles. The maximum atomic E-state index is 12.4. The molecule has 1 aromatic rings. The third-order valence-corrected chi connectivity index (χ3v) is 4.38. The molecular weight excluding hydrogens is 422 g/mol. The molecule has 0 unspecified atom stereocenters. The van der Waals surface area contributed by atoms with Crippen LogP contribution in [0.25, 0.3) is 0 Å². The average molecular weight is 425 g/mol. The zero-order valence-electron chi connectivity index (χ0n) is 6.47. The predicted molar refractivity (Wildman–Crippen MR) is 61.6 cm³/mol. The van der Waals surface area contributed by atoms with Crippen molar-refractivity contribution in [3.8, 4) is 0 Å². The lowest BCUT2D eigenvalue weighted by molar-refractivity contribution is 0.0688. The zero-order chi connectivity index (χ0) is 10.9. The number of aromatic carboxylic acids is 1. The lowest BCUT2D eigenvalue weighted by Gasteiger charge is -2.05. The van der Waals surface area contributed by atoms with Gasteiger partial charge in [-0.25, -0.2) is 18.6 Å². The second-order valence-electron chi connectivity index (χ2n) is 2.29. The molecule has 0 aromatic carbocycles. The Kier molecular flexibility index (Phi) is 3.98. The third kappa shape index (κ3) is 2.49. The van der Waals surface area contributed by atoms with Gasteiger partial charge in [-0.1, -0.05) is 0 Å². The molecule has 0 amide bonds. The number of hydrogen-bond acceptors (Lipinski definition) is 2. The van der Waals surface area contributed by atoms with E-state index < -0.39 is 18.1 Å². The van der Waals surface area contributed by atoms with Crippen molar-refractivity contribution >= 4 is 51.2 Å². The number of alkyl halides is 2. The number of carboxylic acid groups (broad SMARTS) is 1. The highest BCUT2D eigenvalue weighted by molar-refractivity contribution is 14.1. The number of halogens is 4. The van der Waals surface area contributed by atoms with Gasteiger partial charge < -0.3 is 5.11 Å². The normalized spacial score (nSPS) is 10.6. The van der Waals surface area contributed by atoms with Gasteiger partial charge in [0, 0.05) is 3.57 Å². The van der Waals surface area contributed by atoms with E-state index >= 15 is 0 Å². The van der Waals surface area contributed by atoms with Crippen LogP contribution in [-0.2, 0) is 0 Å². The van der Waals surface area contributed by atoms with Crippen LogP contribution in [0.4, 0.5) is 8.78 Å². The first kappa shape index (κ1) is 12.0. The molecule has 0 radical (unpaired) electrons. The minimum Gasteiger partial charge on any atom is -0.477 e. The summed E-state index contributed by atoms with van der Waals surface area (Å²) in [7, 11) is 0. The van der Waals surface area contributed by atoms with Gasteiger partial charge in [-0.2, -0.15) is 0 Å². The van der Waals surface area contributed by atoms with Gasteiger partial charge in [0.1, 0.15) is 11.4 Å². The summed E-state index contributed by atoms with van der Waals surface area (Å²) in [5, 5.41) is 8.59. The van der Waals surface area contributed by atoms with Gasteiger partial charge in [0.15, 0.2) is 0 Å². The molecule has 1 aromatic heterocycles. The summed E-state index contributed by atoms with van der Waals surface area (Å²) in [4.78, 5) is 13.9. The maximum absolute atomic E-state index is 12.4. The second-order valence-corrected chi connectivity index (χ2v) is 4.54. The number of nitrogens with zero attached hydrogens (tertiary/aromatic N) is 1. The fraction of sp³-hybridized carbons (Fsp3) is 0.143. The summed E-state index contributed by atoms with van der Waals surface area (Å²) in [5.41, 5.74) is -0.833. The second kappa shape index (κ2) is 4.64. The quantitative estimate of drug-likeness (QED) is 0.743. The molecule has 1 heterocycles. The monoisotopic (exact) mass is 425 g/mol. The van der Waals surface area contributed by atoms with Crippen LogP contribution in [0.15, 0.2) is 6.07 Å². The van der Waals surface area contributed by atoms with Crippen LogP contribution in [0.1, 0.15) is 22.6 Å². The van der Waals surface area contributed by atoms with Gasteiger partial charge in [-0.05, 0) is 51.2 Å². The van der Waals surface area contributed by atoms with Gasteiger partial charge >= 0.3 is 5.97 Å². The van der Waals surface area contributed by atoms with E-state index in [0.717, 1.165) is 0 Å². The van der Waals surface area contributed by atoms with Crippen LogP contribution < -0.4 is 0 Å². The van der Waals surface area contributed by atoms with E-state index in [1.165, 1.54) is 6.07 Å². The molecule has 0 spiro atoms. The number of hydrogen-bond donors (Lipinski definition) is 1. The van der Waals surface area contributed by atoms with Crippen molar-refractivity contribution in [2.75, 3.05) is 0 Å². The lowest BCUT2D eigenvalue weighted by Crippen LogP contribution is -2.07. The third-order valence-electron chi connectivity index (χ3n) is 1.36. The van der Waals surface area contributed by atoms with Gasteiger partial charge in [-0.3, -0.25) is 0 Å². The van der Waals surface area contributed by atoms with E-state index in [4.69, 9.17) is 5.11 Å². The smallest absolute Gasteiger partial charge is 0.354 e. The summed E-state index contributed by atoms with van der Waals surface area (Å²) in [5.74, 6) is -1.30. The van der Waals surface area contributed by atoms with Crippen LogP contribution >= 0.6 is 45.2 Å². The van der Waals surface area contributed by atoms with Gasteiger partial charge in [0.2, 0.25) is 0 Å². The number of carboxylic acids is 1. The Bertz CT molecular complexity index is 384. The first-order valence-corrected chi connectivity index (χ1v) is 5.46. The Morgan fingerprint density at radius 2 is 2.07 bits per heavy atom. The van der Waals surface area contributed by atoms with Crippen LogP contribution in [-0.4, -0.2) is 16.1 Å². The van der Waals surface area contributed by atoms with E-state index in [-0.39, 0.29) is 5.69 Å². The number of pyridine rings is 1. The van der Waals surface area contributed by atoms with Crippen molar-refractivity contribution in [1.82, 2.24) is 4.98 Å². The number of aromatic nitrogens is 1. The number of carbonyl (C=O) groups is 1. The molecular formula is C7H3F2I2NO2. The summed E-state index contributed by atoms with van der Waals surface area (Å²) >= 11 is 3.52. The van der Waals surface area contributed by atoms with Gasteiger partial charge in [0.25, 0.3) is 6.43 Å². The summed E-state index contributed by atoms with van der Waals surface area (Å²) in [6.07, 6.45) is -2.75. The highest BCUT2D eigenvalue weighted by Gasteiger charge is 2.19. The Morgan fingerprint density at radius 1 is 1.50 bits per heavy atom. The molecule has 1 N–H and O–H groups in total. The Morgan fingerprint density at radius 3 is 2.50 bits per heavy atom. The standard InChI is InChI=1S/C7H3F2I2NO2/c8-6(9)5-4(11)2(10)1-3(12-5)7(13)14/h1,6H,(H,13,14). The van der Waals surface area contributed by atoms with E-state index in [2.05, 4.69) is 4.98 Å². The maximum Gasteiger partial charge on any atom is 0.354 e. The Labute approximate surface area is 105 Å². The largest absolute Gasteiger partial charge is 0.477 e. The first-order valence-electron chi connectivity index (χ1n) is 3.31. The van der Waals surface area contributed by atoms with E-state index in [0.29, 0.717) is 7.14 Å². The first-order chi connectivity index (χ1) is 6.43. The van der Waals surface area contributed by atoms with E-state index in [1.54, 1.807) is 45.2 Å². The molecule has 14 heavy (non-hydrogen) atoms. The molecule has 0 saturated carbocycles. The Hall–Kier alpha value is -0.0600. The van der Waals surface area contributed by atoms with E-state index in [1.807, 2.05) is 0 Å². The summed E-state index contributed by atoms with van der Waals surface area (Å²) < 4.78 is 25.5. The Balaban J connectivity index is 3.35. The molecule has 0 fully saturated rings. The molecule has 0 aliphatic carbocycles. The molecule has 0 aliphatic heterocycles. The fourth-order valence-corrected chi connectivity index (χ4v) is 1.85. The van der Waals surface area contributed by atoms with Crippen LogP contribution in [0.5, 0.6) is 0 Å². The van der Waals surface area contributed by atoms with Crippen molar-refractivity contribution in [2.45, 2.75) is 6.43 Å². The van der Waals surface area contributed by atoms with Gasteiger partial charge in [0.05, 0.1) is 3.57 Å². The average Bonchev–Trinajstić information content (AvgIpc) is 2.08. The lowest BCUT2D eigenvalue weighted by atomic mass is 10.3. The van der Waals surface area contributed by atoms with Crippen molar-refractivity contribution in [3.05, 3.63) is 24.6 Å². The molecule has 76 valence electrons. The molecule has 0 bridgehead atoms. The van der Waals surface area contributed by atoms with Crippen molar-refractivity contribution < 1.29 is 18.7 Å². The van der Waals surface area contributed by atoms with Crippen molar-refractivity contribution in [2.24, 2.45) is 0 Å². The zero-order valence-corrected chi connectivity index (χ0v) is 10.8. The van der Waals surface area contributed by atoms with Gasteiger partial charge in [-0.15, -0.1) is 0 Å². The molecule has 1 rings (SSSR count). The van der Waals surface area contributed by atoms with Crippen LogP contribution in [0.2, 0.25) is 0 Å². The highest BCUT2D eigenvalue weighted by atomic mass is 127. The van der Waals surface area contributed by atoms with E-state index in [9.17, 15) is 13.6 Å². The minimum absolute atomic E-state index is 0.295. The minimum atomic E-state index is -2.75. The molecule has 0 atom stereocenters. The molecule has 7 heteroatoms. The summed E-state index contributed by atoms with van der Waals surface area (Å²) in [6, 6.07) is 1.26. The SMILES string of the molecule is O=C(O)c1cc(I)c(I)c(C(F)F)n1. The van der Waals surface area contributed by atoms with Crippen LogP contribution in [0, 0.1) is 7.14 Å². The predicted octanol–water partition coefficient (Wildman–Crippen LogP) is 2.93. The highest BCUT2D eigenvalue weighted by Crippen LogP contribution is 2.26. The van der Waals surface area contributed by atoms with Crippen molar-refractivity contribution in [1.29, 1.82) is 0 Å². The van der Waals surface area contributed by atoms with Crippen molar-refractivity contribution in [3.63, 3.8) is 0 Å². The molecule has 0 aliphatic rings. The fourth-order valence-electron chi connectivity index (χ4n) is 0.771.